The van der Waals surface area contributed by atoms with Gasteiger partial charge in [0.15, 0.2) is 0 Å². The van der Waals surface area contributed by atoms with Gasteiger partial charge in [-0.1, -0.05) is 54.9 Å². The molecule has 0 aliphatic carbocycles. The van der Waals surface area contributed by atoms with Crippen LogP contribution in [0.3, 0.4) is 0 Å². The molecular weight excluding hydrogens is 412 g/mol. The van der Waals surface area contributed by atoms with Crippen LogP contribution >= 0.6 is 11.6 Å². The van der Waals surface area contributed by atoms with Crippen molar-refractivity contribution in [3.63, 3.8) is 0 Å². The molecule has 6 heteroatoms. The Bertz CT molecular complexity index is 1050. The summed E-state index contributed by atoms with van der Waals surface area (Å²) >= 11 is 6.03. The number of ether oxygens (including phenoxy) is 2. The minimum Gasteiger partial charge on any atom is -0.444 e. The van der Waals surface area contributed by atoms with E-state index < -0.39 is 5.79 Å². The molecule has 5 nitrogen and oxygen atoms in total. The van der Waals surface area contributed by atoms with Crippen LogP contribution in [0, 0.1) is 0 Å². The maximum atomic E-state index is 13.7. The molecule has 0 aromatic heterocycles. The summed E-state index contributed by atoms with van der Waals surface area (Å²) in [5, 5.41) is 0.654. The molecule has 0 fully saturated rings. The Morgan fingerprint density at radius 2 is 1.68 bits per heavy atom. The largest absolute Gasteiger partial charge is 0.444 e. The second-order valence-electron chi connectivity index (χ2n) is 7.48. The van der Waals surface area contributed by atoms with Crippen LogP contribution < -0.4 is 20.1 Å². The van der Waals surface area contributed by atoms with Crippen molar-refractivity contribution in [1.29, 1.82) is 0 Å². The number of halogens is 1. The molecule has 1 aliphatic rings. The van der Waals surface area contributed by atoms with Crippen molar-refractivity contribution in [2.24, 2.45) is 5.73 Å². The van der Waals surface area contributed by atoms with Crippen LogP contribution in [0.4, 0.5) is 5.69 Å². The van der Waals surface area contributed by atoms with Crippen LogP contribution in [-0.2, 0) is 17.8 Å². The van der Waals surface area contributed by atoms with Crippen molar-refractivity contribution in [2.45, 2.75) is 32.1 Å². The number of amides is 1. The topological polar surface area (TPSA) is 64.8 Å². The van der Waals surface area contributed by atoms with E-state index in [1.807, 2.05) is 79.7 Å². The molecule has 1 aliphatic heterocycles. The number of fused-ring (bicyclic) bond motifs is 1. The number of carbonyl (C=O) groups excluding carboxylic acids is 1. The fourth-order valence-corrected chi connectivity index (χ4v) is 3.80. The third-order valence-electron chi connectivity index (χ3n) is 5.36. The average Bonchev–Trinajstić information content (AvgIpc) is 2.79. The van der Waals surface area contributed by atoms with E-state index in [-0.39, 0.29) is 5.91 Å². The molecule has 0 bridgehead atoms. The van der Waals surface area contributed by atoms with Crippen LogP contribution in [0.2, 0.25) is 5.02 Å². The first kappa shape index (κ1) is 21.2. The number of para-hydroxylation sites is 2. The van der Waals surface area contributed by atoms with Gasteiger partial charge in [-0.05, 0) is 60.5 Å². The third kappa shape index (κ3) is 4.38. The Morgan fingerprint density at radius 3 is 2.35 bits per heavy atom. The lowest BCUT2D eigenvalue weighted by Crippen LogP contribution is -2.59. The number of anilines is 1. The molecule has 4 rings (SSSR count). The van der Waals surface area contributed by atoms with E-state index in [0.717, 1.165) is 17.5 Å². The summed E-state index contributed by atoms with van der Waals surface area (Å²) in [4.78, 5) is 15.4. The Kier molecular flexibility index (Phi) is 6.16. The maximum Gasteiger partial charge on any atom is 0.332 e. The van der Waals surface area contributed by atoms with Crippen LogP contribution in [0.5, 0.6) is 11.5 Å². The molecule has 3 aromatic carbocycles. The summed E-state index contributed by atoms with van der Waals surface area (Å²) in [6.45, 7) is 2.85. The van der Waals surface area contributed by atoms with E-state index in [2.05, 4.69) is 0 Å². The Labute approximate surface area is 187 Å². The van der Waals surface area contributed by atoms with Gasteiger partial charge in [0, 0.05) is 11.4 Å². The van der Waals surface area contributed by atoms with Crippen LogP contribution in [0.1, 0.15) is 24.5 Å². The summed E-state index contributed by atoms with van der Waals surface area (Å²) in [6.07, 6.45) is 1.14. The number of benzene rings is 3. The van der Waals surface area contributed by atoms with Gasteiger partial charge in [-0.3, -0.25) is 9.69 Å². The van der Waals surface area contributed by atoms with Crippen molar-refractivity contribution >= 4 is 23.2 Å². The van der Waals surface area contributed by atoms with E-state index in [1.165, 1.54) is 0 Å². The zero-order chi connectivity index (χ0) is 21.8. The molecule has 1 unspecified atom stereocenters. The van der Waals surface area contributed by atoms with Gasteiger partial charge in [-0.25, -0.2) is 0 Å². The van der Waals surface area contributed by atoms with E-state index in [0.29, 0.717) is 41.7 Å². The lowest BCUT2D eigenvalue weighted by Gasteiger charge is -2.41. The number of hydrogen-bond acceptors (Lipinski definition) is 4. The van der Waals surface area contributed by atoms with Crippen molar-refractivity contribution in [3.05, 3.63) is 88.9 Å². The lowest BCUT2D eigenvalue weighted by molar-refractivity contribution is -0.167. The fraction of sp³-hybridized carbons (Fsp3) is 0.240. The van der Waals surface area contributed by atoms with Crippen LogP contribution in [-0.4, -0.2) is 18.2 Å². The first-order chi connectivity index (χ1) is 15.0. The predicted molar refractivity (Wildman–Crippen MR) is 123 cm³/mol. The minimum atomic E-state index is -1.45. The van der Waals surface area contributed by atoms with E-state index in [4.69, 9.17) is 26.8 Å². The second-order valence-corrected chi connectivity index (χ2v) is 7.92. The quantitative estimate of drug-likeness (QED) is 0.569. The number of nitrogens with two attached hydrogens (primary N) is 1. The SMILES string of the molecule is CCC1(Oc2ccc(CCN)cc2)Oc2ccccc2N(Cc2ccc(Cl)cc2)C1=O. The molecule has 160 valence electrons. The highest BCUT2D eigenvalue weighted by Gasteiger charge is 2.49. The van der Waals surface area contributed by atoms with Gasteiger partial charge >= 0.3 is 11.7 Å². The predicted octanol–water partition coefficient (Wildman–Crippen LogP) is 4.95. The summed E-state index contributed by atoms with van der Waals surface area (Å²) < 4.78 is 12.4. The molecule has 0 saturated carbocycles. The monoisotopic (exact) mass is 436 g/mol. The molecule has 3 aromatic rings. The first-order valence-electron chi connectivity index (χ1n) is 10.4. The average molecular weight is 437 g/mol. The van der Waals surface area contributed by atoms with Gasteiger partial charge in [0.25, 0.3) is 0 Å². The molecule has 31 heavy (non-hydrogen) atoms. The van der Waals surface area contributed by atoms with E-state index in [1.54, 1.807) is 4.90 Å². The molecular formula is C25H25ClN2O3. The summed E-state index contributed by atoms with van der Waals surface area (Å²) in [7, 11) is 0. The van der Waals surface area contributed by atoms with Crippen molar-refractivity contribution in [2.75, 3.05) is 11.4 Å². The molecule has 1 amide bonds. The van der Waals surface area contributed by atoms with Gasteiger partial charge in [-0.2, -0.15) is 0 Å². The minimum absolute atomic E-state index is 0.241. The highest BCUT2D eigenvalue weighted by atomic mass is 35.5. The van der Waals surface area contributed by atoms with Crippen molar-refractivity contribution in [1.82, 2.24) is 0 Å². The van der Waals surface area contributed by atoms with Crippen LogP contribution in [0.15, 0.2) is 72.8 Å². The molecule has 0 spiro atoms. The lowest BCUT2D eigenvalue weighted by atomic mass is 10.1. The van der Waals surface area contributed by atoms with Gasteiger partial charge < -0.3 is 15.2 Å². The Hall–Kier alpha value is -3.02. The van der Waals surface area contributed by atoms with Crippen molar-refractivity contribution in [3.8, 4) is 11.5 Å². The molecule has 1 heterocycles. The smallest absolute Gasteiger partial charge is 0.332 e. The highest BCUT2D eigenvalue weighted by Crippen LogP contribution is 2.40. The third-order valence-corrected chi connectivity index (χ3v) is 5.61. The zero-order valence-corrected chi connectivity index (χ0v) is 18.1. The van der Waals surface area contributed by atoms with E-state index in [9.17, 15) is 4.79 Å². The summed E-state index contributed by atoms with van der Waals surface area (Å²) in [5.74, 6) is -0.509. The van der Waals surface area contributed by atoms with Gasteiger partial charge in [-0.15, -0.1) is 0 Å². The second kappa shape index (κ2) is 9.00. The zero-order valence-electron chi connectivity index (χ0n) is 17.4. The normalized spacial score (nSPS) is 17.8. The maximum absolute atomic E-state index is 13.7. The molecule has 0 radical (unpaired) electrons. The number of rotatable bonds is 7. The van der Waals surface area contributed by atoms with Gasteiger partial charge in [0.05, 0.1) is 12.2 Å². The Morgan fingerprint density at radius 1 is 1.00 bits per heavy atom. The molecule has 1 atom stereocenters. The highest BCUT2D eigenvalue weighted by molar-refractivity contribution is 6.30. The van der Waals surface area contributed by atoms with Gasteiger partial charge in [0.1, 0.15) is 11.5 Å². The summed E-state index contributed by atoms with van der Waals surface area (Å²) in [6, 6.07) is 22.6. The molecule has 0 saturated heterocycles. The number of hydrogen-bond donors (Lipinski definition) is 1. The first-order valence-corrected chi connectivity index (χ1v) is 10.7. The summed E-state index contributed by atoms with van der Waals surface area (Å²) in [5.41, 5.74) is 8.43. The van der Waals surface area contributed by atoms with Gasteiger partial charge in [0.2, 0.25) is 0 Å². The number of nitrogens with zero attached hydrogens (tertiary/aromatic N) is 1. The Balaban J connectivity index is 1.68. The van der Waals surface area contributed by atoms with Crippen LogP contribution in [0.25, 0.3) is 0 Å². The van der Waals surface area contributed by atoms with E-state index >= 15 is 0 Å². The van der Waals surface area contributed by atoms with Crippen molar-refractivity contribution < 1.29 is 14.3 Å². The fourth-order valence-electron chi connectivity index (χ4n) is 3.67. The number of carbonyl (C=O) groups is 1. The standard InChI is InChI=1S/C25H25ClN2O3/c1-2-25(30-21-13-9-18(10-14-21)15-16-27)24(29)28(17-19-7-11-20(26)12-8-19)22-5-3-4-6-23(22)31-25/h3-14H,2,15-17,27H2,1H3. The molecule has 2 N–H and O–H groups in total.